The van der Waals surface area contributed by atoms with Gasteiger partial charge in [-0.1, -0.05) is 35.6 Å². The van der Waals surface area contributed by atoms with E-state index >= 15 is 0 Å². The van der Waals surface area contributed by atoms with Gasteiger partial charge in [-0.3, -0.25) is 4.79 Å². The Bertz CT molecular complexity index is 1380. The van der Waals surface area contributed by atoms with Gasteiger partial charge < -0.3 is 10.1 Å². The number of sulfone groups is 1. The molecule has 0 bridgehead atoms. The lowest BCUT2D eigenvalue weighted by atomic mass is 10.3. The molecule has 10 heteroatoms. The number of hydrogen-bond donors (Lipinski definition) is 1. The van der Waals surface area contributed by atoms with Gasteiger partial charge in [-0.2, -0.15) is 9.78 Å². The van der Waals surface area contributed by atoms with Crippen LogP contribution >= 0.6 is 11.3 Å². The summed E-state index contributed by atoms with van der Waals surface area (Å²) < 4.78 is 33.0. The number of fused-ring (bicyclic) bond motifs is 1. The fraction of sp³-hybridized carbons (Fsp3) is 0.261. The van der Waals surface area contributed by atoms with E-state index < -0.39 is 9.84 Å². The highest BCUT2D eigenvalue weighted by atomic mass is 32.2. The summed E-state index contributed by atoms with van der Waals surface area (Å²) in [5.74, 6) is 0.809. The second-order valence-corrected chi connectivity index (χ2v) is 10.5. The van der Waals surface area contributed by atoms with E-state index in [-0.39, 0.29) is 29.4 Å². The van der Waals surface area contributed by atoms with Gasteiger partial charge >= 0.3 is 0 Å². The van der Waals surface area contributed by atoms with Crippen LogP contribution in [-0.4, -0.2) is 41.4 Å². The first-order valence-corrected chi connectivity index (χ1v) is 13.0. The maximum absolute atomic E-state index is 12.6. The number of aromatic nitrogens is 3. The molecule has 0 aliphatic heterocycles. The van der Waals surface area contributed by atoms with Gasteiger partial charge in [-0.05, 0) is 44.5 Å². The molecule has 2 aromatic heterocycles. The molecule has 33 heavy (non-hydrogen) atoms. The number of aryl methyl sites for hydroxylation is 1. The van der Waals surface area contributed by atoms with Crippen LogP contribution in [0.5, 0.6) is 5.75 Å². The van der Waals surface area contributed by atoms with Crippen LogP contribution in [0.15, 0.2) is 59.5 Å². The number of nitrogens with one attached hydrogen (secondary N) is 1. The van der Waals surface area contributed by atoms with Crippen LogP contribution in [0.1, 0.15) is 25.5 Å². The van der Waals surface area contributed by atoms with Crippen molar-refractivity contribution in [2.45, 2.75) is 31.6 Å². The molecule has 4 rings (SSSR count). The van der Waals surface area contributed by atoms with Crippen molar-refractivity contribution in [2.75, 3.05) is 17.7 Å². The molecular formula is C23H24N4O4S2. The van der Waals surface area contributed by atoms with Gasteiger partial charge in [0.1, 0.15) is 17.1 Å². The topological polar surface area (TPSA) is 103 Å². The van der Waals surface area contributed by atoms with Crippen molar-refractivity contribution in [1.29, 1.82) is 0 Å². The Labute approximate surface area is 196 Å². The molecule has 0 saturated carbocycles. The van der Waals surface area contributed by atoms with E-state index in [4.69, 9.17) is 4.74 Å². The molecule has 172 valence electrons. The van der Waals surface area contributed by atoms with Gasteiger partial charge in [-0.15, -0.1) is 0 Å². The quantitative estimate of drug-likeness (QED) is 0.378. The molecule has 1 N–H and O–H groups in total. The second-order valence-electron chi connectivity index (χ2n) is 7.40. The number of benzene rings is 2. The second kappa shape index (κ2) is 9.72. The van der Waals surface area contributed by atoms with Crippen LogP contribution in [0.2, 0.25) is 0 Å². The molecule has 8 nitrogen and oxygen atoms in total. The van der Waals surface area contributed by atoms with Gasteiger partial charge in [0.25, 0.3) is 0 Å². The lowest BCUT2D eigenvalue weighted by Crippen LogP contribution is -2.16. The predicted molar refractivity (Wildman–Crippen MR) is 129 cm³/mol. The Morgan fingerprint density at radius 2 is 1.94 bits per heavy atom. The zero-order valence-electron chi connectivity index (χ0n) is 18.3. The third-order valence-electron chi connectivity index (χ3n) is 4.87. The number of anilines is 1. The van der Waals surface area contributed by atoms with Crippen LogP contribution in [0.3, 0.4) is 0 Å². The number of hydrogen-bond acceptors (Lipinski definition) is 7. The summed E-state index contributed by atoms with van der Waals surface area (Å²) in [5.41, 5.74) is 1.47. The summed E-state index contributed by atoms with van der Waals surface area (Å²) in [6.07, 6.45) is 0.291. The minimum absolute atomic E-state index is 0.0740. The number of amides is 1. The standard InChI is InChI=1S/C23H24N4O4S2/c1-3-31-18-11-7-12-19-22(18)25-23(32-19)27-20(15-16(2)26-27)24-21(28)13-8-14-33(29,30)17-9-5-4-6-10-17/h4-7,9-12,15H,3,8,13-14H2,1-2H3,(H,24,28). The van der Waals surface area contributed by atoms with Crippen LogP contribution in [-0.2, 0) is 14.6 Å². The maximum Gasteiger partial charge on any atom is 0.225 e. The fourth-order valence-electron chi connectivity index (χ4n) is 3.38. The van der Waals surface area contributed by atoms with E-state index in [2.05, 4.69) is 15.4 Å². The molecule has 0 fully saturated rings. The Morgan fingerprint density at radius 1 is 1.15 bits per heavy atom. The molecule has 0 atom stereocenters. The van der Waals surface area contributed by atoms with E-state index in [1.807, 2.05) is 32.0 Å². The minimum atomic E-state index is -3.42. The lowest BCUT2D eigenvalue weighted by molar-refractivity contribution is -0.116. The van der Waals surface area contributed by atoms with Crippen LogP contribution in [0, 0.1) is 6.92 Å². The highest BCUT2D eigenvalue weighted by Crippen LogP contribution is 2.32. The first-order valence-electron chi connectivity index (χ1n) is 10.5. The van der Waals surface area contributed by atoms with Crippen molar-refractivity contribution in [3.05, 3.63) is 60.3 Å². The summed E-state index contributed by atoms with van der Waals surface area (Å²) in [7, 11) is -3.42. The smallest absolute Gasteiger partial charge is 0.225 e. The highest BCUT2D eigenvalue weighted by molar-refractivity contribution is 7.91. The zero-order valence-corrected chi connectivity index (χ0v) is 19.9. The molecule has 2 heterocycles. The zero-order chi connectivity index (χ0) is 23.4. The molecule has 0 saturated heterocycles. The first-order chi connectivity index (χ1) is 15.9. The van der Waals surface area contributed by atoms with Crippen molar-refractivity contribution < 1.29 is 17.9 Å². The number of rotatable bonds is 9. The van der Waals surface area contributed by atoms with Crippen molar-refractivity contribution >= 4 is 43.1 Å². The first kappa shape index (κ1) is 22.9. The third kappa shape index (κ3) is 5.23. The fourth-order valence-corrected chi connectivity index (χ4v) is 5.66. The van der Waals surface area contributed by atoms with Crippen molar-refractivity contribution in [3.8, 4) is 10.9 Å². The molecule has 0 aliphatic carbocycles. The Kier molecular flexibility index (Phi) is 6.75. The van der Waals surface area contributed by atoms with Crippen LogP contribution < -0.4 is 10.1 Å². The van der Waals surface area contributed by atoms with E-state index in [1.165, 1.54) is 11.3 Å². The molecule has 0 unspecified atom stereocenters. The summed E-state index contributed by atoms with van der Waals surface area (Å²) in [6.45, 7) is 4.29. The number of para-hydroxylation sites is 1. The van der Waals surface area contributed by atoms with Crippen LogP contribution in [0.25, 0.3) is 15.3 Å². The van der Waals surface area contributed by atoms with Crippen molar-refractivity contribution in [2.24, 2.45) is 0 Å². The SMILES string of the molecule is CCOc1cccc2sc(-n3nc(C)cc3NC(=O)CCCS(=O)(=O)c3ccccc3)nc12. The minimum Gasteiger partial charge on any atom is -0.492 e. The number of nitrogens with zero attached hydrogens (tertiary/aromatic N) is 3. The average molecular weight is 485 g/mol. The van der Waals surface area contributed by atoms with Gasteiger partial charge in [-0.25, -0.2) is 13.4 Å². The number of carbonyl (C=O) groups excluding carboxylic acids is 1. The number of carbonyl (C=O) groups is 1. The van der Waals surface area contributed by atoms with Crippen molar-refractivity contribution in [3.63, 3.8) is 0 Å². The summed E-state index contributed by atoms with van der Waals surface area (Å²) in [6, 6.07) is 15.8. The predicted octanol–water partition coefficient (Wildman–Crippen LogP) is 4.38. The molecule has 0 aliphatic rings. The van der Waals surface area contributed by atoms with E-state index in [1.54, 1.807) is 41.1 Å². The van der Waals surface area contributed by atoms with E-state index in [0.29, 0.717) is 23.3 Å². The molecule has 1 amide bonds. The number of ether oxygens (including phenoxy) is 1. The number of thiazole rings is 1. The Morgan fingerprint density at radius 3 is 2.70 bits per heavy atom. The van der Waals surface area contributed by atoms with E-state index in [0.717, 1.165) is 15.9 Å². The van der Waals surface area contributed by atoms with Gasteiger partial charge in [0.15, 0.2) is 9.84 Å². The van der Waals surface area contributed by atoms with Gasteiger partial charge in [0.2, 0.25) is 11.0 Å². The molecule has 2 aromatic carbocycles. The Hall–Kier alpha value is -3.24. The largest absolute Gasteiger partial charge is 0.492 e. The molecule has 4 aromatic rings. The van der Waals surface area contributed by atoms with Crippen molar-refractivity contribution in [1.82, 2.24) is 14.8 Å². The summed E-state index contributed by atoms with van der Waals surface area (Å²) in [5, 5.41) is 7.92. The molecular weight excluding hydrogens is 460 g/mol. The maximum atomic E-state index is 12.6. The monoisotopic (exact) mass is 484 g/mol. The molecule has 0 radical (unpaired) electrons. The normalized spacial score (nSPS) is 11.6. The summed E-state index contributed by atoms with van der Waals surface area (Å²) in [4.78, 5) is 17.5. The lowest BCUT2D eigenvalue weighted by Gasteiger charge is -2.07. The van der Waals surface area contributed by atoms with Crippen LogP contribution in [0.4, 0.5) is 5.82 Å². The molecule has 0 spiro atoms. The highest BCUT2D eigenvalue weighted by Gasteiger charge is 2.18. The third-order valence-corrected chi connectivity index (χ3v) is 7.68. The Balaban J connectivity index is 1.46. The van der Waals surface area contributed by atoms with Gasteiger partial charge in [0.05, 0.1) is 27.6 Å². The summed E-state index contributed by atoms with van der Waals surface area (Å²) >= 11 is 1.44. The van der Waals surface area contributed by atoms with E-state index in [9.17, 15) is 13.2 Å². The average Bonchev–Trinajstić information content (AvgIpc) is 3.38. The van der Waals surface area contributed by atoms with Gasteiger partial charge in [0, 0.05) is 12.5 Å².